The zero-order valence-electron chi connectivity index (χ0n) is 18.6. The van der Waals surface area contributed by atoms with E-state index in [9.17, 15) is 14.9 Å². The third-order valence-corrected chi connectivity index (χ3v) is 4.11. The van der Waals surface area contributed by atoms with E-state index in [-0.39, 0.29) is 17.5 Å². The van der Waals surface area contributed by atoms with Gasteiger partial charge in [0, 0.05) is 17.1 Å². The molecular weight excluding hydrogens is 428 g/mol. The van der Waals surface area contributed by atoms with Gasteiger partial charge in [-0.3, -0.25) is 15.4 Å². The van der Waals surface area contributed by atoms with Crippen LogP contribution in [-0.2, 0) is 4.74 Å². The van der Waals surface area contributed by atoms with Crippen LogP contribution in [0.5, 0.6) is 5.75 Å². The van der Waals surface area contributed by atoms with E-state index in [2.05, 4.69) is 25.9 Å². The second-order valence-corrected chi connectivity index (χ2v) is 7.87. The predicted octanol–water partition coefficient (Wildman–Crippen LogP) is 5.23. The van der Waals surface area contributed by atoms with Crippen molar-refractivity contribution in [1.82, 2.24) is 9.97 Å². The Labute approximate surface area is 190 Å². The summed E-state index contributed by atoms with van der Waals surface area (Å²) in [4.78, 5) is 31.0. The number of amides is 1. The van der Waals surface area contributed by atoms with Crippen molar-refractivity contribution in [3.05, 3.63) is 64.8 Å². The molecule has 3 rings (SSSR count). The molecule has 0 spiro atoms. The van der Waals surface area contributed by atoms with E-state index in [1.165, 1.54) is 0 Å². The minimum Gasteiger partial charge on any atom is -0.497 e. The molecule has 0 saturated carbocycles. The summed E-state index contributed by atoms with van der Waals surface area (Å²) in [5, 5.41) is 20.0. The molecule has 0 aliphatic heterocycles. The number of methoxy groups -OCH3 is 1. The van der Waals surface area contributed by atoms with Crippen molar-refractivity contribution >= 4 is 40.6 Å². The first-order valence-corrected chi connectivity index (χ1v) is 9.92. The molecule has 33 heavy (non-hydrogen) atoms. The van der Waals surface area contributed by atoms with Crippen LogP contribution >= 0.6 is 0 Å². The molecule has 0 saturated heterocycles. The largest absolute Gasteiger partial charge is 0.497 e. The second-order valence-electron chi connectivity index (χ2n) is 7.87. The van der Waals surface area contributed by atoms with Crippen molar-refractivity contribution < 1.29 is 19.2 Å². The van der Waals surface area contributed by atoms with Gasteiger partial charge in [-0.15, -0.1) is 0 Å². The van der Waals surface area contributed by atoms with Crippen LogP contribution < -0.4 is 20.7 Å². The highest BCUT2D eigenvalue weighted by Gasteiger charge is 2.19. The predicted molar refractivity (Wildman–Crippen MR) is 125 cm³/mol. The summed E-state index contributed by atoms with van der Waals surface area (Å²) < 4.78 is 10.3. The van der Waals surface area contributed by atoms with Crippen LogP contribution in [0.3, 0.4) is 0 Å². The third-order valence-electron chi connectivity index (χ3n) is 4.11. The molecule has 1 amide bonds. The monoisotopic (exact) mass is 452 g/mol. The zero-order valence-corrected chi connectivity index (χ0v) is 18.6. The van der Waals surface area contributed by atoms with Gasteiger partial charge in [-0.1, -0.05) is 0 Å². The Kier molecular flexibility index (Phi) is 6.91. The van der Waals surface area contributed by atoms with Gasteiger partial charge in [0.2, 0.25) is 11.8 Å². The molecule has 0 bridgehead atoms. The number of rotatable bonds is 7. The highest BCUT2D eigenvalue weighted by atomic mass is 16.6. The first-order valence-electron chi connectivity index (χ1n) is 9.92. The van der Waals surface area contributed by atoms with Gasteiger partial charge in [-0.25, -0.2) is 9.78 Å². The fourth-order valence-electron chi connectivity index (χ4n) is 2.66. The minimum atomic E-state index is -0.616. The van der Waals surface area contributed by atoms with Crippen LogP contribution in [0, 0.1) is 10.1 Å². The molecule has 3 N–H and O–H groups in total. The molecule has 0 radical (unpaired) electrons. The minimum absolute atomic E-state index is 0.0128. The van der Waals surface area contributed by atoms with Crippen LogP contribution in [-0.4, -0.2) is 33.7 Å². The van der Waals surface area contributed by atoms with Gasteiger partial charge < -0.3 is 20.1 Å². The summed E-state index contributed by atoms with van der Waals surface area (Å²) >= 11 is 0. The number of hydrogen-bond acceptors (Lipinski definition) is 9. The lowest BCUT2D eigenvalue weighted by molar-refractivity contribution is -0.384. The first-order chi connectivity index (χ1) is 15.6. The maximum absolute atomic E-state index is 11.9. The Balaban J connectivity index is 1.75. The molecular formula is C22H24N6O5. The van der Waals surface area contributed by atoms with Gasteiger partial charge in [0.25, 0.3) is 0 Å². The molecule has 0 aliphatic carbocycles. The Morgan fingerprint density at radius 3 is 2.12 bits per heavy atom. The number of carbonyl (C=O) groups excluding carboxylic acids is 1. The molecule has 0 fully saturated rings. The summed E-state index contributed by atoms with van der Waals surface area (Å²) in [5.74, 6) is 0.882. The van der Waals surface area contributed by atoms with E-state index >= 15 is 0 Å². The number of ether oxygens (including phenoxy) is 2. The van der Waals surface area contributed by atoms with Gasteiger partial charge in [-0.05, 0) is 69.3 Å². The second kappa shape index (κ2) is 9.81. The SMILES string of the molecule is COc1ccc(Nc2ncc([N+](=O)[O-])c(Nc3ccc(NC(=O)OC(C)(C)C)cc3)n2)cc1. The number of nitro groups is 1. The summed E-state index contributed by atoms with van der Waals surface area (Å²) in [5.41, 5.74) is 0.824. The van der Waals surface area contributed by atoms with E-state index in [0.717, 1.165) is 6.20 Å². The van der Waals surface area contributed by atoms with Crippen molar-refractivity contribution in [3.8, 4) is 5.75 Å². The number of nitrogens with zero attached hydrogens (tertiary/aromatic N) is 3. The number of anilines is 5. The van der Waals surface area contributed by atoms with E-state index in [1.807, 2.05) is 0 Å². The fraction of sp³-hybridized carbons (Fsp3) is 0.227. The lowest BCUT2D eigenvalue weighted by Crippen LogP contribution is -2.27. The van der Waals surface area contributed by atoms with Gasteiger partial charge >= 0.3 is 11.8 Å². The summed E-state index contributed by atoms with van der Waals surface area (Å²) in [6.07, 6.45) is 0.545. The molecule has 0 aliphatic rings. The van der Waals surface area contributed by atoms with Gasteiger partial charge in [0.15, 0.2) is 0 Å². The molecule has 11 nitrogen and oxygen atoms in total. The zero-order chi connectivity index (χ0) is 24.0. The van der Waals surface area contributed by atoms with E-state index in [1.54, 1.807) is 76.4 Å². The normalized spacial score (nSPS) is 10.8. The third kappa shape index (κ3) is 6.79. The van der Waals surface area contributed by atoms with Crippen LogP contribution in [0.1, 0.15) is 20.8 Å². The Morgan fingerprint density at radius 1 is 0.970 bits per heavy atom. The van der Waals surface area contributed by atoms with E-state index in [0.29, 0.717) is 22.8 Å². The van der Waals surface area contributed by atoms with Crippen molar-refractivity contribution in [2.75, 3.05) is 23.1 Å². The van der Waals surface area contributed by atoms with E-state index in [4.69, 9.17) is 9.47 Å². The fourth-order valence-corrected chi connectivity index (χ4v) is 2.66. The number of carbonyl (C=O) groups is 1. The molecule has 11 heteroatoms. The summed E-state index contributed by atoms with van der Waals surface area (Å²) in [6.45, 7) is 5.31. The Hall–Kier alpha value is -4.41. The standard InChI is InChI=1S/C22H24N6O5/c1-22(2,3)33-21(29)26-16-7-5-14(6-8-16)24-19-18(28(30)31)13-23-20(27-19)25-15-9-11-17(32-4)12-10-15/h5-13H,1-4H3,(H,26,29)(H2,23,24,25,27). The lowest BCUT2D eigenvalue weighted by atomic mass is 10.2. The number of benzene rings is 2. The topological polar surface area (TPSA) is 141 Å². The van der Waals surface area contributed by atoms with Gasteiger partial charge in [-0.2, -0.15) is 4.98 Å². The maximum Gasteiger partial charge on any atom is 0.412 e. The molecule has 3 aromatic rings. The van der Waals surface area contributed by atoms with Gasteiger partial charge in [0.05, 0.1) is 12.0 Å². The molecule has 1 heterocycles. The van der Waals surface area contributed by atoms with Crippen molar-refractivity contribution in [2.24, 2.45) is 0 Å². The summed E-state index contributed by atoms with van der Waals surface area (Å²) in [6, 6.07) is 13.6. The molecule has 1 aromatic heterocycles. The highest BCUT2D eigenvalue weighted by Crippen LogP contribution is 2.28. The lowest BCUT2D eigenvalue weighted by Gasteiger charge is -2.19. The molecule has 0 unspecified atom stereocenters. The number of nitrogens with one attached hydrogen (secondary N) is 3. The average molecular weight is 452 g/mol. The van der Waals surface area contributed by atoms with Crippen LogP contribution in [0.15, 0.2) is 54.7 Å². The number of hydrogen-bond donors (Lipinski definition) is 3. The van der Waals surface area contributed by atoms with Crippen molar-refractivity contribution in [3.63, 3.8) is 0 Å². The summed E-state index contributed by atoms with van der Waals surface area (Å²) in [7, 11) is 1.57. The van der Waals surface area contributed by atoms with Crippen molar-refractivity contribution in [2.45, 2.75) is 26.4 Å². The first kappa shape index (κ1) is 23.3. The van der Waals surface area contributed by atoms with Crippen LogP contribution in [0.2, 0.25) is 0 Å². The van der Waals surface area contributed by atoms with Gasteiger partial charge in [0.1, 0.15) is 17.5 Å². The Bertz CT molecular complexity index is 1130. The molecule has 0 atom stereocenters. The van der Waals surface area contributed by atoms with E-state index < -0.39 is 16.6 Å². The van der Waals surface area contributed by atoms with Crippen molar-refractivity contribution in [1.29, 1.82) is 0 Å². The highest BCUT2D eigenvalue weighted by molar-refractivity contribution is 5.85. The maximum atomic E-state index is 11.9. The van der Waals surface area contributed by atoms with Crippen LogP contribution in [0.4, 0.5) is 39.3 Å². The van der Waals surface area contributed by atoms with Crippen LogP contribution in [0.25, 0.3) is 0 Å². The number of aromatic nitrogens is 2. The average Bonchev–Trinajstić information content (AvgIpc) is 2.74. The quantitative estimate of drug-likeness (QED) is 0.325. The Morgan fingerprint density at radius 2 is 1.55 bits per heavy atom. The molecule has 172 valence electrons. The smallest absolute Gasteiger partial charge is 0.412 e. The molecule has 2 aromatic carbocycles.